The van der Waals surface area contributed by atoms with Crippen LogP contribution in [0.2, 0.25) is 0 Å². The summed E-state index contributed by atoms with van der Waals surface area (Å²) >= 11 is 0. The summed E-state index contributed by atoms with van der Waals surface area (Å²) in [7, 11) is 0. The lowest BCUT2D eigenvalue weighted by molar-refractivity contribution is 0.408. The minimum Gasteiger partial charge on any atom is -0.368 e. The van der Waals surface area contributed by atoms with Crippen molar-refractivity contribution in [1.29, 1.82) is 0 Å². The van der Waals surface area contributed by atoms with E-state index in [0.717, 1.165) is 12.1 Å². The van der Waals surface area contributed by atoms with Gasteiger partial charge in [-0.1, -0.05) is 19.0 Å². The highest BCUT2D eigenvalue weighted by Gasteiger charge is 2.12. The first-order valence-electron chi connectivity index (χ1n) is 4.07. The molecule has 0 aliphatic carbocycles. The maximum Gasteiger partial charge on any atom is 0.222 e. The highest BCUT2D eigenvalue weighted by molar-refractivity contribution is 5.25. The SMILES string of the molecule is CC(C)CC(N)c1cc(N)on1. The molecule has 12 heavy (non-hydrogen) atoms. The van der Waals surface area contributed by atoms with Gasteiger partial charge in [0.15, 0.2) is 0 Å². The van der Waals surface area contributed by atoms with E-state index in [-0.39, 0.29) is 6.04 Å². The summed E-state index contributed by atoms with van der Waals surface area (Å²) in [6, 6.07) is 1.61. The number of rotatable bonds is 3. The molecule has 4 heteroatoms. The van der Waals surface area contributed by atoms with E-state index in [1.165, 1.54) is 0 Å². The molecular formula is C8H15N3O. The normalized spacial score (nSPS) is 13.7. The summed E-state index contributed by atoms with van der Waals surface area (Å²) in [6.45, 7) is 4.23. The third-order valence-electron chi connectivity index (χ3n) is 1.65. The molecule has 0 aromatic carbocycles. The summed E-state index contributed by atoms with van der Waals surface area (Å²) in [5.41, 5.74) is 11.9. The molecule has 0 fully saturated rings. The molecule has 0 spiro atoms. The molecule has 0 radical (unpaired) electrons. The molecule has 1 aromatic rings. The van der Waals surface area contributed by atoms with Crippen LogP contribution < -0.4 is 11.5 Å². The second-order valence-corrected chi connectivity index (χ2v) is 3.39. The number of nitrogens with zero attached hydrogens (tertiary/aromatic N) is 1. The van der Waals surface area contributed by atoms with Crippen molar-refractivity contribution >= 4 is 5.88 Å². The minimum atomic E-state index is -0.0638. The van der Waals surface area contributed by atoms with Gasteiger partial charge in [-0.15, -0.1) is 0 Å². The zero-order valence-corrected chi connectivity index (χ0v) is 7.45. The van der Waals surface area contributed by atoms with Crippen molar-refractivity contribution in [2.24, 2.45) is 11.7 Å². The van der Waals surface area contributed by atoms with Gasteiger partial charge in [0, 0.05) is 6.07 Å². The van der Waals surface area contributed by atoms with Crippen molar-refractivity contribution in [3.63, 3.8) is 0 Å². The van der Waals surface area contributed by atoms with Gasteiger partial charge >= 0.3 is 0 Å². The van der Waals surface area contributed by atoms with Crippen LogP contribution in [0.15, 0.2) is 10.6 Å². The van der Waals surface area contributed by atoms with Gasteiger partial charge in [0.1, 0.15) is 5.69 Å². The number of aromatic nitrogens is 1. The van der Waals surface area contributed by atoms with E-state index >= 15 is 0 Å². The second-order valence-electron chi connectivity index (χ2n) is 3.39. The molecule has 4 nitrogen and oxygen atoms in total. The number of nitrogen functional groups attached to an aromatic ring is 1. The molecule has 1 rings (SSSR count). The average molecular weight is 169 g/mol. The van der Waals surface area contributed by atoms with Crippen LogP contribution in [0.4, 0.5) is 5.88 Å². The Labute approximate surface area is 71.9 Å². The first-order valence-corrected chi connectivity index (χ1v) is 4.07. The lowest BCUT2D eigenvalue weighted by atomic mass is 10.0. The molecular weight excluding hydrogens is 154 g/mol. The van der Waals surface area contributed by atoms with Gasteiger partial charge in [0.05, 0.1) is 6.04 Å². The fourth-order valence-electron chi connectivity index (χ4n) is 1.11. The van der Waals surface area contributed by atoms with Gasteiger partial charge in [-0.25, -0.2) is 0 Å². The van der Waals surface area contributed by atoms with Crippen LogP contribution in [-0.2, 0) is 0 Å². The van der Waals surface area contributed by atoms with Gasteiger partial charge in [0.25, 0.3) is 0 Å². The summed E-state index contributed by atoms with van der Waals surface area (Å²) in [6.07, 6.45) is 0.895. The van der Waals surface area contributed by atoms with Gasteiger partial charge in [-0.05, 0) is 12.3 Å². The first-order chi connectivity index (χ1) is 5.59. The molecule has 0 aliphatic heterocycles. The predicted octanol–water partition coefficient (Wildman–Crippen LogP) is 1.30. The summed E-state index contributed by atoms with van der Waals surface area (Å²) < 4.78 is 4.71. The minimum absolute atomic E-state index is 0.0638. The largest absolute Gasteiger partial charge is 0.368 e. The van der Waals surface area contributed by atoms with E-state index in [9.17, 15) is 0 Å². The zero-order chi connectivity index (χ0) is 9.14. The molecule has 0 aliphatic rings. The number of hydrogen-bond donors (Lipinski definition) is 2. The molecule has 68 valence electrons. The lowest BCUT2D eigenvalue weighted by Gasteiger charge is -2.09. The Hall–Kier alpha value is -1.03. The summed E-state index contributed by atoms with van der Waals surface area (Å²) in [5, 5.41) is 3.74. The number of anilines is 1. The smallest absolute Gasteiger partial charge is 0.222 e. The monoisotopic (exact) mass is 169 g/mol. The van der Waals surface area contributed by atoms with Crippen molar-refractivity contribution < 1.29 is 4.52 Å². The summed E-state index contributed by atoms with van der Waals surface area (Å²) in [5.74, 6) is 0.877. The zero-order valence-electron chi connectivity index (χ0n) is 7.45. The van der Waals surface area contributed by atoms with Crippen LogP contribution in [0.3, 0.4) is 0 Å². The van der Waals surface area contributed by atoms with Crippen LogP contribution in [0, 0.1) is 5.92 Å². The molecule has 1 heterocycles. The van der Waals surface area contributed by atoms with Crippen molar-refractivity contribution in [2.45, 2.75) is 26.3 Å². The average Bonchev–Trinajstić information content (AvgIpc) is 2.34. The highest BCUT2D eigenvalue weighted by Crippen LogP contribution is 2.18. The van der Waals surface area contributed by atoms with Crippen molar-refractivity contribution in [3.8, 4) is 0 Å². The van der Waals surface area contributed by atoms with Gasteiger partial charge in [-0.3, -0.25) is 0 Å². The first kappa shape index (κ1) is 9.06. The standard InChI is InChI=1S/C8H15N3O/c1-5(2)3-6(9)7-4-8(10)12-11-7/h4-6H,3,9-10H2,1-2H3. The predicted molar refractivity (Wildman–Crippen MR) is 47.3 cm³/mol. The van der Waals surface area contributed by atoms with E-state index in [4.69, 9.17) is 16.0 Å². The molecule has 0 saturated carbocycles. The van der Waals surface area contributed by atoms with Crippen molar-refractivity contribution in [2.75, 3.05) is 5.73 Å². The number of nitrogens with two attached hydrogens (primary N) is 2. The van der Waals surface area contributed by atoms with Crippen LogP contribution in [-0.4, -0.2) is 5.16 Å². The molecule has 1 unspecified atom stereocenters. The van der Waals surface area contributed by atoms with E-state index in [1.54, 1.807) is 6.07 Å². The van der Waals surface area contributed by atoms with Crippen LogP contribution >= 0.6 is 0 Å². The third kappa shape index (κ3) is 2.23. The quantitative estimate of drug-likeness (QED) is 0.715. The third-order valence-corrected chi connectivity index (χ3v) is 1.65. The highest BCUT2D eigenvalue weighted by atomic mass is 16.5. The van der Waals surface area contributed by atoms with Gasteiger partial charge in [0.2, 0.25) is 5.88 Å². The Morgan fingerprint density at radius 2 is 2.25 bits per heavy atom. The Kier molecular flexibility index (Phi) is 2.70. The van der Waals surface area contributed by atoms with E-state index in [1.807, 2.05) is 0 Å². The molecule has 4 N–H and O–H groups in total. The van der Waals surface area contributed by atoms with Crippen LogP contribution in [0.25, 0.3) is 0 Å². The van der Waals surface area contributed by atoms with Crippen LogP contribution in [0.1, 0.15) is 32.0 Å². The fourth-order valence-corrected chi connectivity index (χ4v) is 1.11. The molecule has 0 bridgehead atoms. The fraction of sp³-hybridized carbons (Fsp3) is 0.625. The van der Waals surface area contributed by atoms with Gasteiger partial charge < -0.3 is 16.0 Å². The lowest BCUT2D eigenvalue weighted by Crippen LogP contribution is -2.13. The molecule has 1 atom stereocenters. The Bertz CT molecular complexity index is 244. The van der Waals surface area contributed by atoms with E-state index < -0.39 is 0 Å². The Morgan fingerprint density at radius 3 is 2.67 bits per heavy atom. The number of hydrogen-bond acceptors (Lipinski definition) is 4. The molecule has 1 aromatic heterocycles. The molecule has 0 saturated heterocycles. The van der Waals surface area contributed by atoms with E-state index in [2.05, 4.69) is 19.0 Å². The maximum atomic E-state index is 5.83. The van der Waals surface area contributed by atoms with Gasteiger partial charge in [-0.2, -0.15) is 0 Å². The second kappa shape index (κ2) is 3.58. The Morgan fingerprint density at radius 1 is 1.58 bits per heavy atom. The summed E-state index contributed by atoms with van der Waals surface area (Å²) in [4.78, 5) is 0. The van der Waals surface area contributed by atoms with Crippen LogP contribution in [0.5, 0.6) is 0 Å². The van der Waals surface area contributed by atoms with Crippen molar-refractivity contribution in [3.05, 3.63) is 11.8 Å². The molecule has 0 amide bonds. The maximum absolute atomic E-state index is 5.83. The van der Waals surface area contributed by atoms with E-state index in [0.29, 0.717) is 11.8 Å². The van der Waals surface area contributed by atoms with Crippen molar-refractivity contribution in [1.82, 2.24) is 5.16 Å². The Balaban J connectivity index is 2.58. The topological polar surface area (TPSA) is 78.1 Å².